The number of aromatic nitrogens is 1. The van der Waals surface area contributed by atoms with Crippen LogP contribution in [-0.4, -0.2) is 9.74 Å². The highest BCUT2D eigenvalue weighted by Gasteiger charge is 2.14. The van der Waals surface area contributed by atoms with E-state index < -0.39 is 0 Å². The van der Waals surface area contributed by atoms with Crippen LogP contribution in [0.15, 0.2) is 65.5 Å². The maximum atomic E-state index is 12.4. The summed E-state index contributed by atoms with van der Waals surface area (Å²) in [6.45, 7) is 2.52. The van der Waals surface area contributed by atoms with E-state index >= 15 is 0 Å². The summed E-state index contributed by atoms with van der Waals surface area (Å²) in [5.74, 6) is -0.106. The summed E-state index contributed by atoms with van der Waals surface area (Å²) in [5.41, 5.74) is 2.70. The molecule has 22 heavy (non-hydrogen) atoms. The lowest BCUT2D eigenvalue weighted by atomic mass is 10.1. The predicted octanol–water partition coefficient (Wildman–Crippen LogP) is 3.50. The zero-order chi connectivity index (χ0) is 15.5. The summed E-state index contributed by atoms with van der Waals surface area (Å²) in [4.78, 5) is 24.9. The minimum Gasteiger partial charge on any atom is -0.288 e. The fourth-order valence-electron chi connectivity index (χ4n) is 2.18. The molecule has 0 saturated carbocycles. The van der Waals surface area contributed by atoms with Crippen molar-refractivity contribution in [1.29, 1.82) is 0 Å². The first-order valence-electron chi connectivity index (χ1n) is 7.00. The lowest BCUT2D eigenvalue weighted by molar-refractivity contribution is 0.104. The first-order valence-corrected chi connectivity index (χ1v) is 7.77. The number of hydrogen-bond acceptors (Lipinski definition) is 3. The van der Waals surface area contributed by atoms with Crippen molar-refractivity contribution in [3.8, 4) is 0 Å². The molecule has 1 aromatic heterocycles. The summed E-state index contributed by atoms with van der Waals surface area (Å²) in [7, 11) is 0. The SMILES string of the molecule is Cc1ccc(Cn2sc(C(=O)c3ccccc3)cc2=O)cc1. The second-order valence-corrected chi connectivity index (χ2v) is 6.22. The van der Waals surface area contributed by atoms with Gasteiger partial charge in [-0.05, 0) is 12.5 Å². The number of aryl methyl sites for hydroxylation is 1. The fourth-order valence-corrected chi connectivity index (χ4v) is 3.13. The number of nitrogens with zero attached hydrogens (tertiary/aromatic N) is 1. The summed E-state index contributed by atoms with van der Waals surface area (Å²) in [6.07, 6.45) is 0. The molecular weight excluding hydrogens is 294 g/mol. The van der Waals surface area contributed by atoms with Gasteiger partial charge in [-0.15, -0.1) is 0 Å². The number of carbonyl (C=O) groups excluding carboxylic acids is 1. The Bertz CT molecular complexity index is 845. The van der Waals surface area contributed by atoms with Crippen LogP contribution in [0.5, 0.6) is 0 Å². The van der Waals surface area contributed by atoms with Gasteiger partial charge < -0.3 is 0 Å². The topological polar surface area (TPSA) is 39.1 Å². The molecule has 0 bridgehead atoms. The molecule has 0 fully saturated rings. The van der Waals surface area contributed by atoms with Gasteiger partial charge in [-0.1, -0.05) is 71.7 Å². The Hall–Kier alpha value is -2.46. The van der Waals surface area contributed by atoms with E-state index in [1.807, 2.05) is 49.4 Å². The molecule has 0 radical (unpaired) electrons. The number of ketones is 1. The third-order valence-corrected chi connectivity index (χ3v) is 4.44. The average molecular weight is 309 g/mol. The van der Waals surface area contributed by atoms with Gasteiger partial charge in [-0.2, -0.15) is 0 Å². The lowest BCUT2D eigenvalue weighted by Gasteiger charge is -2.02. The van der Waals surface area contributed by atoms with E-state index in [1.54, 1.807) is 16.1 Å². The minimum absolute atomic E-state index is 0.106. The Morgan fingerprint density at radius 1 is 1.05 bits per heavy atom. The van der Waals surface area contributed by atoms with E-state index in [-0.39, 0.29) is 11.3 Å². The monoisotopic (exact) mass is 309 g/mol. The molecule has 1 heterocycles. The summed E-state index contributed by atoms with van der Waals surface area (Å²) in [5, 5.41) is 0. The van der Waals surface area contributed by atoms with Gasteiger partial charge in [-0.3, -0.25) is 13.5 Å². The van der Waals surface area contributed by atoms with Crippen LogP contribution in [0.25, 0.3) is 0 Å². The molecule has 0 saturated heterocycles. The molecule has 0 N–H and O–H groups in total. The predicted molar refractivity (Wildman–Crippen MR) is 88.7 cm³/mol. The van der Waals surface area contributed by atoms with Gasteiger partial charge >= 0.3 is 0 Å². The number of hydrogen-bond donors (Lipinski definition) is 0. The quantitative estimate of drug-likeness (QED) is 0.692. The molecule has 0 atom stereocenters. The Balaban J connectivity index is 1.86. The maximum absolute atomic E-state index is 12.4. The number of carbonyl (C=O) groups is 1. The van der Waals surface area contributed by atoms with Crippen LogP contribution in [0.3, 0.4) is 0 Å². The van der Waals surface area contributed by atoms with Crippen molar-refractivity contribution in [3.63, 3.8) is 0 Å². The van der Waals surface area contributed by atoms with E-state index in [9.17, 15) is 9.59 Å². The second-order valence-electron chi connectivity index (χ2n) is 5.16. The van der Waals surface area contributed by atoms with Gasteiger partial charge in [0.1, 0.15) is 0 Å². The highest BCUT2D eigenvalue weighted by atomic mass is 32.1. The molecule has 0 aliphatic carbocycles. The number of benzene rings is 2. The zero-order valence-corrected chi connectivity index (χ0v) is 13.0. The van der Waals surface area contributed by atoms with Crippen LogP contribution < -0.4 is 5.56 Å². The van der Waals surface area contributed by atoms with Crippen molar-refractivity contribution in [1.82, 2.24) is 3.96 Å². The number of rotatable bonds is 4. The van der Waals surface area contributed by atoms with Gasteiger partial charge in [0, 0.05) is 11.6 Å². The molecular formula is C18H15NO2S. The molecule has 0 spiro atoms. The molecule has 3 rings (SSSR count). The Labute approximate surface area is 132 Å². The maximum Gasteiger partial charge on any atom is 0.261 e. The largest absolute Gasteiger partial charge is 0.288 e. The summed E-state index contributed by atoms with van der Waals surface area (Å²) < 4.78 is 1.61. The van der Waals surface area contributed by atoms with E-state index in [2.05, 4.69) is 0 Å². The van der Waals surface area contributed by atoms with E-state index in [1.165, 1.54) is 23.2 Å². The molecule has 0 aliphatic heterocycles. The van der Waals surface area contributed by atoms with Crippen molar-refractivity contribution in [2.75, 3.05) is 0 Å². The van der Waals surface area contributed by atoms with Crippen LogP contribution in [0.2, 0.25) is 0 Å². The molecule has 3 nitrogen and oxygen atoms in total. The Morgan fingerprint density at radius 3 is 2.41 bits per heavy atom. The Morgan fingerprint density at radius 2 is 1.73 bits per heavy atom. The third-order valence-electron chi connectivity index (χ3n) is 3.42. The van der Waals surface area contributed by atoms with E-state index in [0.29, 0.717) is 17.0 Å². The van der Waals surface area contributed by atoms with Crippen molar-refractivity contribution in [2.24, 2.45) is 0 Å². The molecule has 0 aliphatic rings. The minimum atomic E-state index is -0.134. The van der Waals surface area contributed by atoms with Crippen molar-refractivity contribution in [3.05, 3.63) is 92.6 Å². The molecule has 0 amide bonds. The van der Waals surface area contributed by atoms with Crippen molar-refractivity contribution in [2.45, 2.75) is 13.5 Å². The molecule has 2 aromatic carbocycles. The van der Waals surface area contributed by atoms with Crippen LogP contribution >= 0.6 is 11.5 Å². The molecule has 3 aromatic rings. The van der Waals surface area contributed by atoms with Gasteiger partial charge in [-0.25, -0.2) is 0 Å². The normalized spacial score (nSPS) is 10.6. The highest BCUT2D eigenvalue weighted by molar-refractivity contribution is 7.08. The van der Waals surface area contributed by atoms with E-state index in [4.69, 9.17) is 0 Å². The molecule has 4 heteroatoms. The van der Waals surface area contributed by atoms with E-state index in [0.717, 1.165) is 5.56 Å². The molecule has 0 unspecified atom stereocenters. The fraction of sp³-hybridized carbons (Fsp3) is 0.111. The van der Waals surface area contributed by atoms with Crippen molar-refractivity contribution < 1.29 is 4.79 Å². The van der Waals surface area contributed by atoms with Crippen molar-refractivity contribution >= 4 is 17.3 Å². The summed E-state index contributed by atoms with van der Waals surface area (Å²) >= 11 is 1.22. The lowest BCUT2D eigenvalue weighted by Crippen LogP contribution is -2.12. The second kappa shape index (κ2) is 6.12. The highest BCUT2D eigenvalue weighted by Crippen LogP contribution is 2.14. The van der Waals surface area contributed by atoms with Gasteiger partial charge in [0.05, 0.1) is 11.4 Å². The van der Waals surface area contributed by atoms with Crippen LogP contribution in [0, 0.1) is 6.92 Å². The average Bonchev–Trinajstić information content (AvgIpc) is 2.91. The first-order chi connectivity index (χ1) is 10.6. The van der Waals surface area contributed by atoms with Gasteiger partial charge in [0.25, 0.3) is 5.56 Å². The first kappa shape index (κ1) is 14.5. The molecule has 110 valence electrons. The van der Waals surface area contributed by atoms with Gasteiger partial charge in [0.15, 0.2) is 0 Å². The third kappa shape index (κ3) is 3.07. The zero-order valence-electron chi connectivity index (χ0n) is 12.2. The standard InChI is InChI=1S/C18H15NO2S/c1-13-7-9-14(10-8-13)12-19-17(20)11-16(22-19)18(21)15-5-3-2-4-6-15/h2-11H,12H2,1H3. The van der Waals surface area contributed by atoms with Crippen LogP contribution in [0.1, 0.15) is 26.4 Å². The van der Waals surface area contributed by atoms with Crippen LogP contribution in [0.4, 0.5) is 0 Å². The van der Waals surface area contributed by atoms with Gasteiger partial charge in [0.2, 0.25) is 5.78 Å². The van der Waals surface area contributed by atoms with Crippen LogP contribution in [-0.2, 0) is 6.54 Å². The smallest absolute Gasteiger partial charge is 0.261 e. The Kier molecular flexibility index (Phi) is 4.02. The summed E-state index contributed by atoms with van der Waals surface area (Å²) in [6, 6.07) is 18.5.